The molecule has 0 aromatic rings. The molecule has 12 heavy (non-hydrogen) atoms. The molecule has 2 heteroatoms. The smallest absolute Gasteiger partial charge is 0.123 e. The quantitative estimate of drug-likeness (QED) is 0.515. The average molecular weight is 168 g/mol. The number of carbonyl (C=O) groups excluding carboxylic acids is 1. The number of carbonyl (C=O) groups is 1. The van der Waals surface area contributed by atoms with Gasteiger partial charge in [-0.25, -0.2) is 0 Å². The number of hydrogen-bond acceptors (Lipinski definition) is 2. The zero-order chi connectivity index (χ0) is 9.03. The summed E-state index contributed by atoms with van der Waals surface area (Å²) in [5.41, 5.74) is 0.156. The molecule has 0 aliphatic heterocycles. The molecular weight excluding hydrogens is 152 g/mol. The summed E-state index contributed by atoms with van der Waals surface area (Å²) in [4.78, 5) is 10.3. The Morgan fingerprint density at radius 3 is 2.92 bits per heavy atom. The lowest BCUT2D eigenvalue weighted by Gasteiger charge is -2.27. The van der Waals surface area contributed by atoms with Gasteiger partial charge in [0.1, 0.15) is 6.29 Å². The predicted octanol–water partition coefficient (Wildman–Crippen LogP) is 1.83. The zero-order valence-electron chi connectivity index (χ0n) is 7.55. The Balaban J connectivity index is 2.65. The van der Waals surface area contributed by atoms with Crippen molar-refractivity contribution in [2.75, 3.05) is 0 Å². The molecule has 1 rings (SSSR count). The van der Waals surface area contributed by atoms with Crippen molar-refractivity contribution in [3.8, 4) is 0 Å². The molecule has 2 nitrogen and oxygen atoms in total. The monoisotopic (exact) mass is 168 g/mol. The van der Waals surface area contributed by atoms with E-state index < -0.39 is 5.60 Å². The highest BCUT2D eigenvalue weighted by molar-refractivity contribution is 5.53. The van der Waals surface area contributed by atoms with Gasteiger partial charge < -0.3 is 9.90 Å². The van der Waals surface area contributed by atoms with E-state index in [1.165, 1.54) is 6.42 Å². The summed E-state index contributed by atoms with van der Waals surface area (Å²) >= 11 is 0. The Kier molecular flexibility index (Phi) is 3.04. The van der Waals surface area contributed by atoms with E-state index in [4.69, 9.17) is 0 Å². The van der Waals surface area contributed by atoms with Crippen LogP contribution in [0, 0.1) is 0 Å². The molecule has 0 saturated carbocycles. The van der Waals surface area contributed by atoms with Crippen LogP contribution in [0.3, 0.4) is 0 Å². The van der Waals surface area contributed by atoms with Crippen LogP contribution in [0.2, 0.25) is 0 Å². The Hall–Kier alpha value is -0.630. The SMILES string of the molecule is CC(O)(CC=O)C1=CCCCC1. The van der Waals surface area contributed by atoms with Gasteiger partial charge in [0, 0.05) is 6.42 Å². The normalized spacial score (nSPS) is 22.7. The first-order valence-corrected chi connectivity index (χ1v) is 4.52. The van der Waals surface area contributed by atoms with Crippen molar-refractivity contribution in [1.82, 2.24) is 0 Å². The van der Waals surface area contributed by atoms with Gasteiger partial charge in [0.2, 0.25) is 0 Å². The third kappa shape index (κ3) is 2.18. The van der Waals surface area contributed by atoms with Gasteiger partial charge in [-0.2, -0.15) is 0 Å². The third-order valence-electron chi connectivity index (χ3n) is 2.46. The second-order valence-electron chi connectivity index (χ2n) is 3.62. The summed E-state index contributed by atoms with van der Waals surface area (Å²) in [6, 6.07) is 0. The number of aliphatic hydroxyl groups is 1. The number of aldehydes is 1. The van der Waals surface area contributed by atoms with Gasteiger partial charge in [0.05, 0.1) is 5.60 Å². The molecule has 68 valence electrons. The minimum atomic E-state index is -0.887. The third-order valence-corrected chi connectivity index (χ3v) is 2.46. The summed E-state index contributed by atoms with van der Waals surface area (Å²) in [6.45, 7) is 1.72. The van der Waals surface area contributed by atoms with E-state index in [-0.39, 0.29) is 6.42 Å². The topological polar surface area (TPSA) is 37.3 Å². The average Bonchev–Trinajstić information content (AvgIpc) is 2.06. The maximum absolute atomic E-state index is 10.3. The first-order valence-electron chi connectivity index (χ1n) is 4.52. The molecule has 1 N–H and O–H groups in total. The Labute approximate surface area is 73.3 Å². The zero-order valence-corrected chi connectivity index (χ0v) is 7.55. The summed E-state index contributed by atoms with van der Waals surface area (Å²) in [5.74, 6) is 0. The molecule has 0 aromatic heterocycles. The largest absolute Gasteiger partial charge is 0.385 e. The van der Waals surface area contributed by atoms with E-state index in [9.17, 15) is 9.90 Å². The van der Waals surface area contributed by atoms with E-state index in [1.54, 1.807) is 6.92 Å². The van der Waals surface area contributed by atoms with E-state index in [2.05, 4.69) is 6.08 Å². The molecule has 0 aromatic carbocycles. The van der Waals surface area contributed by atoms with Gasteiger partial charge in [0.25, 0.3) is 0 Å². The molecule has 0 fully saturated rings. The van der Waals surface area contributed by atoms with Crippen molar-refractivity contribution in [3.63, 3.8) is 0 Å². The van der Waals surface area contributed by atoms with Crippen LogP contribution in [0.5, 0.6) is 0 Å². The maximum Gasteiger partial charge on any atom is 0.123 e. The van der Waals surface area contributed by atoms with Crippen molar-refractivity contribution < 1.29 is 9.90 Å². The molecule has 1 unspecified atom stereocenters. The number of rotatable bonds is 3. The van der Waals surface area contributed by atoms with E-state index in [1.807, 2.05) is 0 Å². The standard InChI is InChI=1S/C10H16O2/c1-10(12,7-8-11)9-5-3-2-4-6-9/h5,8,12H,2-4,6-7H2,1H3. The van der Waals surface area contributed by atoms with Crippen molar-refractivity contribution in [3.05, 3.63) is 11.6 Å². The van der Waals surface area contributed by atoms with Gasteiger partial charge in [-0.15, -0.1) is 0 Å². The van der Waals surface area contributed by atoms with Crippen molar-refractivity contribution in [2.24, 2.45) is 0 Å². The maximum atomic E-state index is 10.3. The molecule has 0 radical (unpaired) electrons. The van der Waals surface area contributed by atoms with E-state index >= 15 is 0 Å². The molecule has 1 aliphatic carbocycles. The Morgan fingerprint density at radius 2 is 2.42 bits per heavy atom. The van der Waals surface area contributed by atoms with E-state index in [0.717, 1.165) is 31.1 Å². The Morgan fingerprint density at radius 1 is 1.67 bits per heavy atom. The van der Waals surface area contributed by atoms with Gasteiger partial charge in [-0.3, -0.25) is 0 Å². The lowest BCUT2D eigenvalue weighted by Crippen LogP contribution is -2.28. The van der Waals surface area contributed by atoms with Crippen LogP contribution >= 0.6 is 0 Å². The first kappa shape index (κ1) is 9.46. The second kappa shape index (κ2) is 3.85. The van der Waals surface area contributed by atoms with Crippen LogP contribution in [0.25, 0.3) is 0 Å². The van der Waals surface area contributed by atoms with E-state index in [0.29, 0.717) is 0 Å². The fraction of sp³-hybridized carbons (Fsp3) is 0.700. The van der Waals surface area contributed by atoms with Crippen LogP contribution in [0.4, 0.5) is 0 Å². The summed E-state index contributed by atoms with van der Waals surface area (Å²) < 4.78 is 0. The second-order valence-corrected chi connectivity index (χ2v) is 3.62. The fourth-order valence-corrected chi connectivity index (χ4v) is 1.62. The lowest BCUT2D eigenvalue weighted by atomic mass is 9.85. The highest BCUT2D eigenvalue weighted by Gasteiger charge is 2.25. The molecule has 1 atom stereocenters. The molecular formula is C10H16O2. The molecule has 1 aliphatic rings. The van der Waals surface area contributed by atoms with Crippen molar-refractivity contribution in [2.45, 2.75) is 44.6 Å². The van der Waals surface area contributed by atoms with Crippen LogP contribution in [0.15, 0.2) is 11.6 Å². The predicted molar refractivity (Wildman–Crippen MR) is 47.9 cm³/mol. The Bertz CT molecular complexity index is 192. The summed E-state index contributed by atoms with van der Waals surface area (Å²) in [5, 5.41) is 9.84. The van der Waals surface area contributed by atoms with Crippen LogP contribution in [0.1, 0.15) is 39.0 Å². The molecule has 0 spiro atoms. The fourth-order valence-electron chi connectivity index (χ4n) is 1.62. The lowest BCUT2D eigenvalue weighted by molar-refractivity contribution is -0.110. The highest BCUT2D eigenvalue weighted by Crippen LogP contribution is 2.28. The minimum absolute atomic E-state index is 0.221. The van der Waals surface area contributed by atoms with Crippen LogP contribution in [-0.4, -0.2) is 17.0 Å². The molecule has 0 heterocycles. The van der Waals surface area contributed by atoms with Crippen LogP contribution < -0.4 is 0 Å². The van der Waals surface area contributed by atoms with Gasteiger partial charge in [-0.1, -0.05) is 6.08 Å². The highest BCUT2D eigenvalue weighted by atomic mass is 16.3. The van der Waals surface area contributed by atoms with Gasteiger partial charge in [0.15, 0.2) is 0 Å². The molecule has 0 bridgehead atoms. The minimum Gasteiger partial charge on any atom is -0.385 e. The molecule has 0 saturated heterocycles. The number of allylic oxidation sites excluding steroid dienone is 1. The van der Waals surface area contributed by atoms with Crippen molar-refractivity contribution >= 4 is 6.29 Å². The summed E-state index contributed by atoms with van der Waals surface area (Å²) in [7, 11) is 0. The molecule has 0 amide bonds. The van der Waals surface area contributed by atoms with Crippen LogP contribution in [-0.2, 0) is 4.79 Å². The van der Waals surface area contributed by atoms with Crippen molar-refractivity contribution in [1.29, 1.82) is 0 Å². The van der Waals surface area contributed by atoms with Gasteiger partial charge in [-0.05, 0) is 38.2 Å². The van der Waals surface area contributed by atoms with Gasteiger partial charge >= 0.3 is 0 Å². The number of hydrogen-bond donors (Lipinski definition) is 1. The first-order chi connectivity index (χ1) is 5.67. The summed E-state index contributed by atoms with van der Waals surface area (Å²) in [6.07, 6.45) is 7.42.